The number of hydrogen-bond donors (Lipinski definition) is 1. The number of benzene rings is 1. The lowest BCUT2D eigenvalue weighted by molar-refractivity contribution is 0.915. The monoisotopic (exact) mass is 261 g/mol. The van der Waals surface area contributed by atoms with Crippen molar-refractivity contribution in [2.24, 2.45) is 5.73 Å². The van der Waals surface area contributed by atoms with Crippen molar-refractivity contribution >= 4 is 17.3 Å². The van der Waals surface area contributed by atoms with E-state index in [-0.39, 0.29) is 0 Å². The first-order chi connectivity index (χ1) is 8.70. The minimum Gasteiger partial charge on any atom is -0.369 e. The summed E-state index contributed by atoms with van der Waals surface area (Å²) in [5, 5.41) is 0.662. The van der Waals surface area contributed by atoms with Gasteiger partial charge in [-0.2, -0.15) is 0 Å². The van der Waals surface area contributed by atoms with Gasteiger partial charge in [0.15, 0.2) is 0 Å². The molecule has 0 fully saturated rings. The molecule has 1 heterocycles. The Labute approximate surface area is 112 Å². The molecule has 94 valence electrons. The topological polar surface area (TPSA) is 42.1 Å². The van der Waals surface area contributed by atoms with E-state index in [2.05, 4.69) is 22.0 Å². The molecular weight excluding hydrogens is 246 g/mol. The molecule has 0 atom stereocenters. The number of nitrogens with two attached hydrogens (primary N) is 1. The summed E-state index contributed by atoms with van der Waals surface area (Å²) in [6.07, 6.45) is 3.40. The van der Waals surface area contributed by atoms with Crippen LogP contribution < -0.4 is 10.6 Å². The fourth-order valence-electron chi connectivity index (χ4n) is 1.89. The van der Waals surface area contributed by atoms with Crippen molar-refractivity contribution in [3.8, 4) is 0 Å². The molecule has 3 nitrogen and oxygen atoms in total. The third-order valence-corrected chi connectivity index (χ3v) is 3.10. The van der Waals surface area contributed by atoms with Gasteiger partial charge in [-0.15, -0.1) is 0 Å². The van der Waals surface area contributed by atoms with E-state index < -0.39 is 0 Å². The summed E-state index contributed by atoms with van der Waals surface area (Å²) >= 11 is 6.12. The number of halogens is 1. The molecule has 0 aliphatic heterocycles. The molecule has 0 aliphatic rings. The summed E-state index contributed by atoms with van der Waals surface area (Å²) in [6.45, 7) is 1.35. The average Bonchev–Trinajstić information content (AvgIpc) is 2.39. The van der Waals surface area contributed by atoms with Crippen LogP contribution in [0.4, 0.5) is 5.69 Å². The SMILES string of the molecule is CN(Cc1cccc(CN)c1)c1ccncc1Cl. The Bertz CT molecular complexity index is 528. The number of hydrogen-bond acceptors (Lipinski definition) is 3. The summed E-state index contributed by atoms with van der Waals surface area (Å²) in [4.78, 5) is 6.08. The molecule has 2 N–H and O–H groups in total. The van der Waals surface area contributed by atoms with E-state index in [0.717, 1.165) is 17.8 Å². The normalized spacial score (nSPS) is 10.4. The maximum atomic E-state index is 6.12. The van der Waals surface area contributed by atoms with Gasteiger partial charge in [-0.3, -0.25) is 4.98 Å². The fourth-order valence-corrected chi connectivity index (χ4v) is 2.16. The molecule has 0 saturated carbocycles. The summed E-state index contributed by atoms with van der Waals surface area (Å²) in [7, 11) is 2.01. The molecule has 4 heteroatoms. The molecule has 0 aliphatic carbocycles. The predicted molar refractivity (Wildman–Crippen MR) is 75.7 cm³/mol. The second-order valence-electron chi connectivity index (χ2n) is 4.21. The first kappa shape index (κ1) is 12.9. The van der Waals surface area contributed by atoms with Crippen molar-refractivity contribution < 1.29 is 0 Å². The maximum Gasteiger partial charge on any atom is 0.0822 e. The lowest BCUT2D eigenvalue weighted by Crippen LogP contribution is -2.17. The number of anilines is 1. The van der Waals surface area contributed by atoms with E-state index in [0.29, 0.717) is 11.6 Å². The number of rotatable bonds is 4. The van der Waals surface area contributed by atoms with Crippen LogP contribution in [0.2, 0.25) is 5.02 Å². The van der Waals surface area contributed by atoms with Gasteiger partial charge in [0.05, 0.1) is 10.7 Å². The Hall–Kier alpha value is -1.58. The van der Waals surface area contributed by atoms with Crippen LogP contribution >= 0.6 is 11.6 Å². The van der Waals surface area contributed by atoms with Gasteiger partial charge in [0.25, 0.3) is 0 Å². The van der Waals surface area contributed by atoms with Crippen molar-refractivity contribution in [3.05, 3.63) is 58.9 Å². The highest BCUT2D eigenvalue weighted by Crippen LogP contribution is 2.24. The van der Waals surface area contributed by atoms with Gasteiger partial charge in [-0.05, 0) is 17.2 Å². The van der Waals surface area contributed by atoms with Crippen LogP contribution in [-0.2, 0) is 13.1 Å². The zero-order valence-electron chi connectivity index (χ0n) is 10.3. The van der Waals surface area contributed by atoms with Gasteiger partial charge in [0.2, 0.25) is 0 Å². The Balaban J connectivity index is 2.16. The standard InChI is InChI=1S/C14H16ClN3/c1-18(14-5-6-17-9-13(14)15)10-12-4-2-3-11(7-12)8-16/h2-7,9H,8,10,16H2,1H3. The van der Waals surface area contributed by atoms with Crippen LogP contribution in [0.15, 0.2) is 42.7 Å². The summed E-state index contributed by atoms with van der Waals surface area (Å²) in [5.74, 6) is 0. The van der Waals surface area contributed by atoms with E-state index in [4.69, 9.17) is 17.3 Å². The second kappa shape index (κ2) is 5.85. The van der Waals surface area contributed by atoms with Crippen LogP contribution in [0.1, 0.15) is 11.1 Å². The van der Waals surface area contributed by atoms with E-state index >= 15 is 0 Å². The van der Waals surface area contributed by atoms with Crippen LogP contribution in [0.3, 0.4) is 0 Å². The zero-order chi connectivity index (χ0) is 13.0. The van der Waals surface area contributed by atoms with Gasteiger partial charge >= 0.3 is 0 Å². The van der Waals surface area contributed by atoms with Crippen molar-refractivity contribution in [2.75, 3.05) is 11.9 Å². The molecule has 1 aromatic carbocycles. The first-order valence-electron chi connectivity index (χ1n) is 5.79. The molecule has 0 unspecified atom stereocenters. The molecule has 0 saturated heterocycles. The number of pyridine rings is 1. The van der Waals surface area contributed by atoms with E-state index in [1.165, 1.54) is 5.56 Å². The van der Waals surface area contributed by atoms with Gasteiger partial charge in [0.1, 0.15) is 0 Å². The van der Waals surface area contributed by atoms with Crippen LogP contribution in [0, 0.1) is 0 Å². The summed E-state index contributed by atoms with van der Waals surface area (Å²) < 4.78 is 0. The van der Waals surface area contributed by atoms with Gasteiger partial charge in [-0.25, -0.2) is 0 Å². The minimum absolute atomic E-state index is 0.563. The Morgan fingerprint density at radius 1 is 1.28 bits per heavy atom. The number of aromatic nitrogens is 1. The van der Waals surface area contributed by atoms with Crippen LogP contribution in [-0.4, -0.2) is 12.0 Å². The molecule has 2 aromatic rings. The predicted octanol–water partition coefficient (Wildman–Crippen LogP) is 2.83. The van der Waals surface area contributed by atoms with Crippen LogP contribution in [0.5, 0.6) is 0 Å². The minimum atomic E-state index is 0.563. The van der Waals surface area contributed by atoms with Crippen molar-refractivity contribution in [1.82, 2.24) is 4.98 Å². The van der Waals surface area contributed by atoms with E-state index in [9.17, 15) is 0 Å². The Kier molecular flexibility index (Phi) is 4.18. The Morgan fingerprint density at radius 3 is 2.78 bits per heavy atom. The van der Waals surface area contributed by atoms with Gasteiger partial charge in [0, 0.05) is 32.5 Å². The summed E-state index contributed by atoms with van der Waals surface area (Å²) in [6, 6.07) is 10.2. The number of nitrogens with zero attached hydrogens (tertiary/aromatic N) is 2. The molecule has 0 bridgehead atoms. The molecule has 2 rings (SSSR count). The largest absolute Gasteiger partial charge is 0.369 e. The lowest BCUT2D eigenvalue weighted by Gasteiger charge is -2.20. The molecule has 1 aromatic heterocycles. The smallest absolute Gasteiger partial charge is 0.0822 e. The highest BCUT2D eigenvalue weighted by atomic mass is 35.5. The lowest BCUT2D eigenvalue weighted by atomic mass is 10.1. The van der Waals surface area contributed by atoms with E-state index in [1.807, 2.05) is 25.2 Å². The molecule has 18 heavy (non-hydrogen) atoms. The fraction of sp³-hybridized carbons (Fsp3) is 0.214. The first-order valence-corrected chi connectivity index (χ1v) is 6.17. The van der Waals surface area contributed by atoms with Crippen molar-refractivity contribution in [3.63, 3.8) is 0 Å². The average molecular weight is 262 g/mol. The highest BCUT2D eigenvalue weighted by Gasteiger charge is 2.06. The van der Waals surface area contributed by atoms with E-state index in [1.54, 1.807) is 12.4 Å². The molecular formula is C14H16ClN3. The summed E-state index contributed by atoms with van der Waals surface area (Å²) in [5.41, 5.74) is 8.97. The van der Waals surface area contributed by atoms with Gasteiger partial charge in [-0.1, -0.05) is 35.9 Å². The highest BCUT2D eigenvalue weighted by molar-refractivity contribution is 6.33. The third kappa shape index (κ3) is 3.00. The maximum absolute atomic E-state index is 6.12. The third-order valence-electron chi connectivity index (χ3n) is 2.81. The Morgan fingerprint density at radius 2 is 2.06 bits per heavy atom. The zero-order valence-corrected chi connectivity index (χ0v) is 11.1. The molecule has 0 amide bonds. The quantitative estimate of drug-likeness (QED) is 0.920. The van der Waals surface area contributed by atoms with Crippen molar-refractivity contribution in [2.45, 2.75) is 13.1 Å². The van der Waals surface area contributed by atoms with Crippen molar-refractivity contribution in [1.29, 1.82) is 0 Å². The molecule has 0 spiro atoms. The van der Waals surface area contributed by atoms with Gasteiger partial charge < -0.3 is 10.6 Å². The van der Waals surface area contributed by atoms with Crippen LogP contribution in [0.25, 0.3) is 0 Å². The second-order valence-corrected chi connectivity index (χ2v) is 4.61. The molecule has 0 radical (unpaired) electrons.